The van der Waals surface area contributed by atoms with E-state index in [1.165, 1.54) is 16.4 Å². The average molecular weight is 510 g/mol. The predicted molar refractivity (Wildman–Crippen MR) is 137 cm³/mol. The summed E-state index contributed by atoms with van der Waals surface area (Å²) in [6, 6.07) is 17.6. The number of nitrogens with zero attached hydrogens (tertiary/aromatic N) is 3. The number of rotatable bonds is 5. The van der Waals surface area contributed by atoms with Crippen molar-refractivity contribution >= 4 is 27.3 Å². The van der Waals surface area contributed by atoms with E-state index in [9.17, 15) is 17.6 Å². The van der Waals surface area contributed by atoms with Crippen LogP contribution in [0.25, 0.3) is 0 Å². The number of carbonyl (C=O) groups excluding carboxylic acids is 1. The molecule has 1 saturated heterocycles. The van der Waals surface area contributed by atoms with Crippen molar-refractivity contribution in [2.45, 2.75) is 24.3 Å². The van der Waals surface area contributed by atoms with Gasteiger partial charge >= 0.3 is 0 Å². The third-order valence-corrected chi connectivity index (χ3v) is 8.79. The minimum Gasteiger partial charge on any atom is -0.495 e. The molecule has 0 aliphatic carbocycles. The SMILES string of the molecule is COc1ccccc1N1CCN(C(=O)c2ccc3c(c2)C[C@H](C)N3S(=O)(=O)c2ccc(F)cc2)CC1. The fraction of sp³-hybridized carbons (Fsp3) is 0.296. The Kier molecular flexibility index (Phi) is 6.34. The Labute approximate surface area is 210 Å². The van der Waals surface area contributed by atoms with Crippen LogP contribution in [0, 0.1) is 5.82 Å². The van der Waals surface area contributed by atoms with Gasteiger partial charge in [0.15, 0.2) is 0 Å². The van der Waals surface area contributed by atoms with Gasteiger partial charge in [0, 0.05) is 37.8 Å². The van der Waals surface area contributed by atoms with Crippen molar-refractivity contribution in [1.29, 1.82) is 0 Å². The first-order valence-corrected chi connectivity index (χ1v) is 13.3. The molecule has 188 valence electrons. The second-order valence-electron chi connectivity index (χ2n) is 9.10. The van der Waals surface area contributed by atoms with Crippen LogP contribution in [0.1, 0.15) is 22.8 Å². The molecule has 2 aliphatic heterocycles. The largest absolute Gasteiger partial charge is 0.495 e. The van der Waals surface area contributed by atoms with E-state index in [1.807, 2.05) is 36.1 Å². The second-order valence-corrected chi connectivity index (χ2v) is 10.9. The van der Waals surface area contributed by atoms with Gasteiger partial charge in [-0.2, -0.15) is 0 Å². The molecular weight excluding hydrogens is 481 g/mol. The summed E-state index contributed by atoms with van der Waals surface area (Å²) in [6.07, 6.45) is 0.498. The highest BCUT2D eigenvalue weighted by Gasteiger charge is 2.37. The van der Waals surface area contributed by atoms with E-state index in [1.54, 1.807) is 25.3 Å². The Bertz CT molecular complexity index is 1390. The number of ether oxygens (including phenoxy) is 1. The van der Waals surface area contributed by atoms with Gasteiger partial charge in [-0.25, -0.2) is 12.8 Å². The summed E-state index contributed by atoms with van der Waals surface area (Å²) in [5.74, 6) is 0.255. The Hall–Kier alpha value is -3.59. The van der Waals surface area contributed by atoms with E-state index in [-0.39, 0.29) is 16.8 Å². The summed E-state index contributed by atoms with van der Waals surface area (Å²) in [7, 11) is -2.20. The highest BCUT2D eigenvalue weighted by molar-refractivity contribution is 7.92. The number of sulfonamides is 1. The van der Waals surface area contributed by atoms with Crippen LogP contribution >= 0.6 is 0 Å². The molecular formula is C27H28FN3O4S. The van der Waals surface area contributed by atoms with Gasteiger partial charge in [-0.05, 0) is 73.5 Å². The van der Waals surface area contributed by atoms with E-state index in [2.05, 4.69) is 4.90 Å². The number of benzene rings is 3. The molecule has 1 atom stereocenters. The van der Waals surface area contributed by atoms with E-state index in [4.69, 9.17) is 4.74 Å². The molecule has 5 rings (SSSR count). The summed E-state index contributed by atoms with van der Waals surface area (Å²) >= 11 is 0. The first-order chi connectivity index (χ1) is 17.3. The van der Waals surface area contributed by atoms with Gasteiger partial charge in [-0.1, -0.05) is 12.1 Å². The number of hydrogen-bond donors (Lipinski definition) is 0. The number of halogens is 1. The molecule has 0 saturated carbocycles. The van der Waals surface area contributed by atoms with Gasteiger partial charge in [0.05, 0.1) is 23.4 Å². The van der Waals surface area contributed by atoms with Crippen LogP contribution in [0.5, 0.6) is 5.75 Å². The van der Waals surface area contributed by atoms with Crippen molar-refractivity contribution in [1.82, 2.24) is 4.90 Å². The van der Waals surface area contributed by atoms with Gasteiger partial charge in [0.2, 0.25) is 0 Å². The average Bonchev–Trinajstić information content (AvgIpc) is 3.24. The van der Waals surface area contributed by atoms with Crippen molar-refractivity contribution < 1.29 is 22.3 Å². The number of anilines is 2. The summed E-state index contributed by atoms with van der Waals surface area (Å²) in [4.78, 5) is 17.4. The zero-order chi connectivity index (χ0) is 25.4. The van der Waals surface area contributed by atoms with Gasteiger partial charge in [-0.15, -0.1) is 0 Å². The molecule has 2 heterocycles. The maximum atomic E-state index is 13.3. The molecule has 9 heteroatoms. The fourth-order valence-electron chi connectivity index (χ4n) is 5.05. The lowest BCUT2D eigenvalue weighted by atomic mass is 10.1. The van der Waals surface area contributed by atoms with E-state index < -0.39 is 15.8 Å². The lowest BCUT2D eigenvalue weighted by molar-refractivity contribution is 0.0746. The van der Waals surface area contributed by atoms with E-state index in [0.29, 0.717) is 43.9 Å². The van der Waals surface area contributed by atoms with Crippen molar-refractivity contribution in [2.24, 2.45) is 0 Å². The van der Waals surface area contributed by atoms with E-state index >= 15 is 0 Å². The van der Waals surface area contributed by atoms with Gasteiger partial charge in [0.1, 0.15) is 11.6 Å². The Morgan fingerprint density at radius 3 is 2.33 bits per heavy atom. The monoisotopic (exact) mass is 509 g/mol. The normalized spacial score (nSPS) is 17.8. The Balaban J connectivity index is 1.32. The minimum absolute atomic E-state index is 0.0386. The molecule has 0 aromatic heterocycles. The molecule has 3 aromatic rings. The number of methoxy groups -OCH3 is 1. The van der Waals surface area contributed by atoms with Gasteiger partial charge < -0.3 is 14.5 Å². The number of hydrogen-bond acceptors (Lipinski definition) is 5. The molecule has 0 N–H and O–H groups in total. The zero-order valence-electron chi connectivity index (χ0n) is 20.2. The lowest BCUT2D eigenvalue weighted by Crippen LogP contribution is -2.48. The van der Waals surface area contributed by atoms with Crippen LogP contribution in [-0.2, 0) is 16.4 Å². The maximum absolute atomic E-state index is 13.3. The number of amides is 1. The third kappa shape index (κ3) is 4.28. The summed E-state index contributed by atoms with van der Waals surface area (Å²) < 4.78 is 46.8. The van der Waals surface area contributed by atoms with Crippen LogP contribution in [-0.4, -0.2) is 58.6 Å². The topological polar surface area (TPSA) is 70.2 Å². The number of carbonyl (C=O) groups is 1. The number of para-hydroxylation sites is 2. The minimum atomic E-state index is -3.85. The maximum Gasteiger partial charge on any atom is 0.264 e. The van der Waals surface area contributed by atoms with Crippen LogP contribution in [0.4, 0.5) is 15.8 Å². The zero-order valence-corrected chi connectivity index (χ0v) is 21.0. The first-order valence-electron chi connectivity index (χ1n) is 11.9. The molecule has 0 unspecified atom stereocenters. The molecule has 0 bridgehead atoms. The quantitative estimate of drug-likeness (QED) is 0.521. The molecule has 3 aromatic carbocycles. The Morgan fingerprint density at radius 1 is 0.944 bits per heavy atom. The summed E-state index contributed by atoms with van der Waals surface area (Å²) in [5.41, 5.74) is 2.94. The highest BCUT2D eigenvalue weighted by atomic mass is 32.2. The summed E-state index contributed by atoms with van der Waals surface area (Å²) in [5, 5.41) is 0. The van der Waals surface area contributed by atoms with Crippen LogP contribution in [0.3, 0.4) is 0 Å². The van der Waals surface area contributed by atoms with Crippen LogP contribution in [0.15, 0.2) is 71.6 Å². The van der Waals surface area contributed by atoms with Crippen LogP contribution in [0.2, 0.25) is 0 Å². The van der Waals surface area contributed by atoms with Gasteiger partial charge in [-0.3, -0.25) is 9.10 Å². The smallest absolute Gasteiger partial charge is 0.264 e. The molecule has 36 heavy (non-hydrogen) atoms. The molecule has 7 nitrogen and oxygen atoms in total. The van der Waals surface area contributed by atoms with Crippen molar-refractivity contribution in [3.8, 4) is 5.75 Å². The van der Waals surface area contributed by atoms with Crippen LogP contribution < -0.4 is 13.9 Å². The van der Waals surface area contributed by atoms with Crippen molar-refractivity contribution in [3.63, 3.8) is 0 Å². The van der Waals surface area contributed by atoms with Crippen molar-refractivity contribution in [3.05, 3.63) is 83.7 Å². The molecule has 1 amide bonds. The molecule has 1 fully saturated rings. The highest BCUT2D eigenvalue weighted by Crippen LogP contribution is 2.37. The number of piperazine rings is 1. The molecule has 0 spiro atoms. The third-order valence-electron chi connectivity index (χ3n) is 6.84. The lowest BCUT2D eigenvalue weighted by Gasteiger charge is -2.36. The summed E-state index contributed by atoms with van der Waals surface area (Å²) in [6.45, 7) is 4.38. The first kappa shape index (κ1) is 24.1. The van der Waals surface area contributed by atoms with Gasteiger partial charge in [0.25, 0.3) is 15.9 Å². The fourth-order valence-corrected chi connectivity index (χ4v) is 6.74. The standard InChI is InChI=1S/C27H28FN3O4S/c1-19-17-21-18-20(7-12-24(21)31(19)36(33,34)23-10-8-22(28)9-11-23)27(32)30-15-13-29(14-16-30)25-5-3-4-6-26(25)35-2/h3-12,18-19H,13-17H2,1-2H3/t19-/m0/s1. The number of fused-ring (bicyclic) bond motifs is 1. The molecule has 2 aliphatic rings. The predicted octanol–water partition coefficient (Wildman–Crippen LogP) is 3.94. The second kappa shape index (κ2) is 9.46. The Morgan fingerprint density at radius 2 is 1.64 bits per heavy atom. The van der Waals surface area contributed by atoms with E-state index in [0.717, 1.165) is 29.1 Å². The molecule has 0 radical (unpaired) electrons. The van der Waals surface area contributed by atoms with Crippen molar-refractivity contribution in [2.75, 3.05) is 42.5 Å².